The van der Waals surface area contributed by atoms with Crippen LogP contribution in [0.1, 0.15) is 19.5 Å². The van der Waals surface area contributed by atoms with Gasteiger partial charge in [-0.25, -0.2) is 12.1 Å². The van der Waals surface area contributed by atoms with Crippen molar-refractivity contribution in [1.82, 2.24) is 4.98 Å². The average Bonchev–Trinajstić information content (AvgIpc) is 1.94. The molecule has 0 spiro atoms. The fourth-order valence-electron chi connectivity index (χ4n) is 0.394. The van der Waals surface area contributed by atoms with E-state index in [0.29, 0.717) is 0 Å². The molecule has 0 N–H and O–H groups in total. The summed E-state index contributed by atoms with van der Waals surface area (Å²) in [5.74, 6) is 0. The van der Waals surface area contributed by atoms with Gasteiger partial charge in [-0.15, -0.1) is 0 Å². The smallest absolute Gasteiger partial charge is 0.301 e. The monoisotopic (exact) mass is 207 g/mol. The molecule has 0 aromatic carbocycles. The zero-order valence-electron chi connectivity index (χ0n) is 7.18. The van der Waals surface area contributed by atoms with Crippen molar-refractivity contribution in [2.75, 3.05) is 0 Å². The van der Waals surface area contributed by atoms with Gasteiger partial charge in [-0.1, -0.05) is 20.0 Å². The van der Waals surface area contributed by atoms with E-state index in [4.69, 9.17) is 0 Å². The first-order valence-electron chi connectivity index (χ1n) is 3.18. The average molecular weight is 208 g/mol. The number of rotatable bonds is 0. The molecular formula is C8H12NRb. The van der Waals surface area contributed by atoms with Crippen molar-refractivity contribution in [2.24, 2.45) is 0 Å². The third kappa shape index (κ3) is 7.07. The normalized spacial score (nSPS) is 6.70. The van der Waals surface area contributed by atoms with Crippen molar-refractivity contribution in [2.45, 2.75) is 20.8 Å². The predicted molar refractivity (Wildman–Crippen MR) is 39.2 cm³/mol. The molecule has 0 radical (unpaired) electrons. The van der Waals surface area contributed by atoms with Gasteiger partial charge in [0.15, 0.2) is 0 Å². The zero-order valence-corrected chi connectivity index (χ0v) is 12.1. The minimum Gasteiger partial charge on any atom is -0.301 e. The molecule has 0 aliphatic heterocycles. The molecule has 1 aromatic heterocycles. The predicted octanol–water partition coefficient (Wildman–Crippen LogP) is -0.780. The van der Waals surface area contributed by atoms with E-state index in [1.807, 2.05) is 32.9 Å². The number of hydrogen-bond donors (Lipinski definition) is 0. The minimum absolute atomic E-state index is 0. The summed E-state index contributed by atoms with van der Waals surface area (Å²) in [7, 11) is 0. The van der Waals surface area contributed by atoms with Crippen LogP contribution in [-0.4, -0.2) is 4.98 Å². The first-order valence-corrected chi connectivity index (χ1v) is 3.18. The van der Waals surface area contributed by atoms with E-state index < -0.39 is 0 Å². The molecular weight excluding hydrogens is 196 g/mol. The fraction of sp³-hybridized carbons (Fsp3) is 0.375. The van der Waals surface area contributed by atoms with E-state index in [-0.39, 0.29) is 58.2 Å². The van der Waals surface area contributed by atoms with Crippen molar-refractivity contribution in [3.8, 4) is 0 Å². The summed E-state index contributed by atoms with van der Waals surface area (Å²) in [5, 5.41) is 0. The quantitative estimate of drug-likeness (QED) is 0.509. The van der Waals surface area contributed by atoms with E-state index in [1.165, 1.54) is 0 Å². The Balaban J connectivity index is 0. The number of hydrogen-bond acceptors (Lipinski definition) is 1. The Morgan fingerprint density at radius 1 is 1.40 bits per heavy atom. The number of nitrogens with zero attached hydrogens (tertiary/aromatic N) is 1. The van der Waals surface area contributed by atoms with E-state index in [9.17, 15) is 0 Å². The second kappa shape index (κ2) is 9.96. The summed E-state index contributed by atoms with van der Waals surface area (Å²) < 4.78 is 0. The Morgan fingerprint density at radius 3 is 2.20 bits per heavy atom. The molecule has 50 valence electrons. The zero-order chi connectivity index (χ0) is 7.11. The summed E-state index contributed by atoms with van der Waals surface area (Å²) in [6.07, 6.45) is 1.66. The molecule has 1 aromatic rings. The Kier molecular flexibility index (Phi) is 13.5. The van der Waals surface area contributed by atoms with Crippen molar-refractivity contribution in [3.05, 3.63) is 30.1 Å². The molecule has 1 rings (SSSR count). The van der Waals surface area contributed by atoms with Crippen LogP contribution in [0.3, 0.4) is 0 Å². The molecule has 0 amide bonds. The second-order valence-corrected chi connectivity index (χ2v) is 1.40. The molecule has 1 nitrogen and oxygen atoms in total. The summed E-state index contributed by atoms with van der Waals surface area (Å²) in [6.45, 7) is 5.95. The van der Waals surface area contributed by atoms with Crippen LogP contribution < -0.4 is 58.2 Å². The minimum atomic E-state index is 0. The maximum Gasteiger partial charge on any atom is 1.00 e. The first-order chi connectivity index (χ1) is 4.39. The molecule has 0 bridgehead atoms. The van der Waals surface area contributed by atoms with E-state index >= 15 is 0 Å². The van der Waals surface area contributed by atoms with Crippen LogP contribution in [-0.2, 0) is 0 Å². The van der Waals surface area contributed by atoms with Crippen LogP contribution in [0, 0.1) is 13.0 Å². The Bertz CT molecular complexity index is 139. The summed E-state index contributed by atoms with van der Waals surface area (Å²) in [5.41, 5.74) is 1.04. The molecule has 0 atom stereocenters. The van der Waals surface area contributed by atoms with Gasteiger partial charge in [0.05, 0.1) is 0 Å². The van der Waals surface area contributed by atoms with Gasteiger partial charge >= 0.3 is 58.2 Å². The maximum absolute atomic E-state index is 3.92. The number of aromatic nitrogens is 1. The molecule has 1 heterocycles. The summed E-state index contributed by atoms with van der Waals surface area (Å²) in [4.78, 5) is 3.92. The van der Waals surface area contributed by atoms with Crippen LogP contribution >= 0.6 is 0 Å². The largest absolute Gasteiger partial charge is 1.00 e. The first kappa shape index (κ1) is 13.5. The second-order valence-electron chi connectivity index (χ2n) is 1.40. The van der Waals surface area contributed by atoms with Crippen molar-refractivity contribution in [3.63, 3.8) is 0 Å². The molecule has 10 heavy (non-hydrogen) atoms. The van der Waals surface area contributed by atoms with Crippen molar-refractivity contribution in [1.29, 1.82) is 0 Å². The van der Waals surface area contributed by atoms with E-state index in [2.05, 4.69) is 11.1 Å². The van der Waals surface area contributed by atoms with Crippen LogP contribution in [0.4, 0.5) is 0 Å². The molecule has 0 saturated heterocycles. The van der Waals surface area contributed by atoms with Gasteiger partial charge in [0, 0.05) is 0 Å². The molecule has 0 saturated carbocycles. The topological polar surface area (TPSA) is 12.9 Å². The van der Waals surface area contributed by atoms with Gasteiger partial charge in [-0.3, -0.25) is 0 Å². The fourth-order valence-corrected chi connectivity index (χ4v) is 0.394. The van der Waals surface area contributed by atoms with E-state index in [1.54, 1.807) is 6.20 Å². The summed E-state index contributed by atoms with van der Waals surface area (Å²) >= 11 is 0. The van der Waals surface area contributed by atoms with Crippen LogP contribution in [0.15, 0.2) is 18.3 Å². The standard InChI is InChI=1S/C6H6N.C2H6.Rb/c1-6-4-2-3-5-7-6;1-2;/h2,4-5H,1H3;1-2H3;/q-1;;+1. The van der Waals surface area contributed by atoms with Crippen LogP contribution in [0.2, 0.25) is 0 Å². The molecule has 0 unspecified atom stereocenters. The maximum atomic E-state index is 3.92. The van der Waals surface area contributed by atoms with Crippen LogP contribution in [0.5, 0.6) is 0 Å². The molecule has 0 fully saturated rings. The molecule has 2 heteroatoms. The molecule has 0 aliphatic rings. The SMILES string of the molecule is CC.Cc1cc[c-]cn1.[Rb+]. The number of aryl methyl sites for hydroxylation is 1. The van der Waals surface area contributed by atoms with E-state index in [0.717, 1.165) is 5.69 Å². The Morgan fingerprint density at radius 2 is 2.00 bits per heavy atom. The Labute approximate surface area is 112 Å². The molecule has 0 aliphatic carbocycles. The van der Waals surface area contributed by atoms with Crippen molar-refractivity contribution >= 4 is 0 Å². The van der Waals surface area contributed by atoms with Gasteiger partial charge in [-0.2, -0.15) is 6.07 Å². The van der Waals surface area contributed by atoms with Crippen molar-refractivity contribution < 1.29 is 58.2 Å². The van der Waals surface area contributed by atoms with Gasteiger partial charge in [0.25, 0.3) is 0 Å². The third-order valence-corrected chi connectivity index (χ3v) is 0.763. The van der Waals surface area contributed by atoms with Gasteiger partial charge in [0.2, 0.25) is 0 Å². The third-order valence-electron chi connectivity index (χ3n) is 0.763. The van der Waals surface area contributed by atoms with Gasteiger partial charge in [-0.05, 0) is 12.6 Å². The number of pyridine rings is 1. The van der Waals surface area contributed by atoms with Crippen LogP contribution in [0.25, 0.3) is 0 Å². The van der Waals surface area contributed by atoms with Gasteiger partial charge in [0.1, 0.15) is 0 Å². The Hall–Kier alpha value is 0.955. The summed E-state index contributed by atoms with van der Waals surface area (Å²) in [6, 6.07) is 6.59. The van der Waals surface area contributed by atoms with Gasteiger partial charge < -0.3 is 4.98 Å².